The van der Waals surface area contributed by atoms with Crippen LogP contribution in [-0.2, 0) is 4.79 Å². The highest BCUT2D eigenvalue weighted by atomic mass is 16.3. The van der Waals surface area contributed by atoms with E-state index in [1.807, 2.05) is 6.92 Å². The SMILES string of the molecule is C[C@H]1CCC[C@H](C2(C)C(=O)N(CC(=O)c3cccc(O)c3)C(=O)N2C)C1. The van der Waals surface area contributed by atoms with E-state index in [-0.39, 0.29) is 35.5 Å². The van der Waals surface area contributed by atoms with E-state index in [1.54, 1.807) is 19.2 Å². The number of amides is 3. The van der Waals surface area contributed by atoms with Crippen molar-refractivity contribution < 1.29 is 19.5 Å². The fraction of sp³-hybridized carbons (Fsp3) is 0.550. The number of phenols is 1. The molecule has 1 aromatic rings. The topological polar surface area (TPSA) is 77.9 Å². The number of aromatic hydroxyl groups is 1. The molecule has 0 radical (unpaired) electrons. The first-order valence-electron chi connectivity index (χ1n) is 9.17. The number of imide groups is 1. The molecule has 1 aliphatic carbocycles. The average molecular weight is 358 g/mol. The monoisotopic (exact) mass is 358 g/mol. The minimum atomic E-state index is -0.898. The summed E-state index contributed by atoms with van der Waals surface area (Å²) < 4.78 is 0. The highest BCUT2D eigenvalue weighted by Gasteiger charge is 2.57. The van der Waals surface area contributed by atoms with Gasteiger partial charge in [0.15, 0.2) is 5.78 Å². The van der Waals surface area contributed by atoms with Gasteiger partial charge in [0, 0.05) is 12.6 Å². The number of hydrogen-bond acceptors (Lipinski definition) is 4. The number of urea groups is 1. The van der Waals surface area contributed by atoms with Crippen molar-refractivity contribution in [1.82, 2.24) is 9.80 Å². The molecule has 1 N–H and O–H groups in total. The lowest BCUT2D eigenvalue weighted by atomic mass is 9.71. The summed E-state index contributed by atoms with van der Waals surface area (Å²) in [5.74, 6) is -0.0404. The van der Waals surface area contributed by atoms with E-state index in [4.69, 9.17) is 0 Å². The average Bonchev–Trinajstić information content (AvgIpc) is 2.78. The van der Waals surface area contributed by atoms with Gasteiger partial charge in [0.25, 0.3) is 5.91 Å². The molecule has 0 bridgehead atoms. The van der Waals surface area contributed by atoms with Crippen LogP contribution in [0, 0.1) is 11.8 Å². The third-order valence-corrected chi connectivity index (χ3v) is 6.09. The van der Waals surface area contributed by atoms with Crippen LogP contribution in [0.4, 0.5) is 4.79 Å². The van der Waals surface area contributed by atoms with E-state index in [1.165, 1.54) is 17.0 Å². The highest BCUT2D eigenvalue weighted by molar-refractivity contribution is 6.11. The minimum Gasteiger partial charge on any atom is -0.508 e. The molecule has 1 saturated carbocycles. The summed E-state index contributed by atoms with van der Waals surface area (Å²) in [6.45, 7) is 3.71. The second-order valence-electron chi connectivity index (χ2n) is 7.82. The van der Waals surface area contributed by atoms with Gasteiger partial charge in [-0.25, -0.2) is 4.79 Å². The Bertz CT molecular complexity index is 747. The Labute approximate surface area is 153 Å². The maximum Gasteiger partial charge on any atom is 0.327 e. The van der Waals surface area contributed by atoms with Crippen molar-refractivity contribution in [2.24, 2.45) is 11.8 Å². The number of likely N-dealkylation sites (N-methyl/N-ethyl adjacent to an activating group) is 1. The van der Waals surface area contributed by atoms with Crippen LogP contribution in [0.1, 0.15) is 49.9 Å². The van der Waals surface area contributed by atoms with E-state index in [2.05, 4.69) is 6.92 Å². The van der Waals surface area contributed by atoms with Crippen molar-refractivity contribution >= 4 is 17.7 Å². The van der Waals surface area contributed by atoms with Crippen LogP contribution in [0.2, 0.25) is 0 Å². The molecule has 1 aliphatic heterocycles. The standard InChI is InChI=1S/C20H26N2O4/c1-13-6-4-8-15(10-13)20(2)18(25)22(19(26)21(20)3)12-17(24)14-7-5-9-16(23)11-14/h5,7,9,11,13,15,23H,4,6,8,10,12H2,1-3H3/t13-,15-,20?/m0/s1. The molecule has 6 nitrogen and oxygen atoms in total. The molecule has 3 atom stereocenters. The molecule has 26 heavy (non-hydrogen) atoms. The van der Waals surface area contributed by atoms with Crippen LogP contribution >= 0.6 is 0 Å². The number of phenolic OH excluding ortho intramolecular Hbond substituents is 1. The molecular formula is C20H26N2O4. The predicted molar refractivity (Wildman–Crippen MR) is 96.8 cm³/mol. The van der Waals surface area contributed by atoms with Gasteiger partial charge >= 0.3 is 6.03 Å². The first-order chi connectivity index (χ1) is 12.2. The Hall–Kier alpha value is -2.37. The Balaban J connectivity index is 1.82. The van der Waals surface area contributed by atoms with E-state index in [0.717, 1.165) is 30.6 Å². The zero-order valence-corrected chi connectivity index (χ0v) is 15.6. The van der Waals surface area contributed by atoms with Crippen molar-refractivity contribution in [2.75, 3.05) is 13.6 Å². The minimum absolute atomic E-state index is 0.0203. The smallest absolute Gasteiger partial charge is 0.327 e. The number of ketones is 1. The Kier molecular flexibility index (Phi) is 4.78. The third kappa shape index (κ3) is 2.97. The number of nitrogens with zero attached hydrogens (tertiary/aromatic N) is 2. The Morgan fingerprint density at radius 3 is 2.69 bits per heavy atom. The number of hydrogen-bond donors (Lipinski definition) is 1. The molecule has 1 unspecified atom stereocenters. The molecule has 1 aromatic carbocycles. The van der Waals surface area contributed by atoms with Gasteiger partial charge in [-0.2, -0.15) is 0 Å². The molecule has 1 saturated heterocycles. The Morgan fingerprint density at radius 2 is 2.04 bits per heavy atom. The predicted octanol–water partition coefficient (Wildman–Crippen LogP) is 3.05. The van der Waals surface area contributed by atoms with Crippen molar-refractivity contribution in [3.8, 4) is 5.75 Å². The van der Waals surface area contributed by atoms with Crippen molar-refractivity contribution in [2.45, 2.75) is 45.1 Å². The van der Waals surface area contributed by atoms with Crippen LogP contribution in [-0.4, -0.2) is 51.8 Å². The van der Waals surface area contributed by atoms with Crippen LogP contribution in [0.5, 0.6) is 5.75 Å². The number of benzene rings is 1. The fourth-order valence-electron chi connectivity index (χ4n) is 4.33. The van der Waals surface area contributed by atoms with E-state index >= 15 is 0 Å². The molecule has 3 rings (SSSR count). The molecule has 2 aliphatic rings. The van der Waals surface area contributed by atoms with E-state index in [0.29, 0.717) is 5.92 Å². The van der Waals surface area contributed by atoms with Crippen molar-refractivity contribution in [3.63, 3.8) is 0 Å². The fourth-order valence-corrected chi connectivity index (χ4v) is 4.33. The first-order valence-corrected chi connectivity index (χ1v) is 9.17. The summed E-state index contributed by atoms with van der Waals surface area (Å²) >= 11 is 0. The summed E-state index contributed by atoms with van der Waals surface area (Å²) in [6.07, 6.45) is 4.03. The highest BCUT2D eigenvalue weighted by Crippen LogP contribution is 2.42. The number of carbonyl (C=O) groups is 3. The third-order valence-electron chi connectivity index (χ3n) is 6.09. The van der Waals surface area contributed by atoms with Gasteiger partial charge in [0.2, 0.25) is 0 Å². The van der Waals surface area contributed by atoms with Gasteiger partial charge < -0.3 is 10.0 Å². The molecule has 0 spiro atoms. The summed E-state index contributed by atoms with van der Waals surface area (Å²) in [5.41, 5.74) is -0.613. The molecule has 1 heterocycles. The normalized spacial score (nSPS) is 29.3. The lowest BCUT2D eigenvalue weighted by molar-refractivity contribution is -0.135. The largest absolute Gasteiger partial charge is 0.508 e. The van der Waals surface area contributed by atoms with Crippen LogP contribution in [0.3, 0.4) is 0 Å². The molecule has 140 valence electrons. The quantitative estimate of drug-likeness (QED) is 0.663. The number of Topliss-reactive ketones (excluding diaryl/α,β-unsaturated/α-hetero) is 1. The number of carbonyl (C=O) groups excluding carboxylic acids is 3. The number of rotatable bonds is 4. The lowest BCUT2D eigenvalue weighted by Crippen LogP contribution is -2.52. The van der Waals surface area contributed by atoms with Gasteiger partial charge in [-0.1, -0.05) is 31.9 Å². The van der Waals surface area contributed by atoms with Gasteiger partial charge in [-0.15, -0.1) is 0 Å². The molecule has 3 amide bonds. The van der Waals surface area contributed by atoms with Crippen molar-refractivity contribution in [3.05, 3.63) is 29.8 Å². The summed E-state index contributed by atoms with van der Waals surface area (Å²) in [4.78, 5) is 41.0. The van der Waals surface area contributed by atoms with Gasteiger partial charge in [0.05, 0.1) is 6.54 Å². The van der Waals surface area contributed by atoms with E-state index in [9.17, 15) is 19.5 Å². The van der Waals surface area contributed by atoms with Gasteiger partial charge in [-0.3, -0.25) is 14.5 Å². The molecule has 0 aromatic heterocycles. The first kappa shape index (κ1) is 18.4. The molecule has 6 heteroatoms. The zero-order chi connectivity index (χ0) is 19.1. The summed E-state index contributed by atoms with van der Waals surface area (Å²) in [5, 5.41) is 9.54. The van der Waals surface area contributed by atoms with Crippen LogP contribution in [0.25, 0.3) is 0 Å². The second-order valence-corrected chi connectivity index (χ2v) is 7.82. The van der Waals surface area contributed by atoms with Gasteiger partial charge in [-0.05, 0) is 43.7 Å². The maximum atomic E-state index is 13.1. The van der Waals surface area contributed by atoms with Gasteiger partial charge in [0.1, 0.15) is 11.3 Å². The Morgan fingerprint density at radius 1 is 1.31 bits per heavy atom. The second kappa shape index (κ2) is 6.74. The summed E-state index contributed by atoms with van der Waals surface area (Å²) in [6, 6.07) is 5.52. The van der Waals surface area contributed by atoms with Crippen molar-refractivity contribution in [1.29, 1.82) is 0 Å². The van der Waals surface area contributed by atoms with E-state index < -0.39 is 11.6 Å². The lowest BCUT2D eigenvalue weighted by Gasteiger charge is -2.40. The zero-order valence-electron chi connectivity index (χ0n) is 15.6. The maximum absolute atomic E-state index is 13.1. The van der Waals surface area contributed by atoms with Crippen LogP contribution < -0.4 is 0 Å². The summed E-state index contributed by atoms with van der Waals surface area (Å²) in [7, 11) is 1.65. The molecular weight excluding hydrogens is 332 g/mol. The van der Waals surface area contributed by atoms with Crippen LogP contribution in [0.15, 0.2) is 24.3 Å². The molecule has 2 fully saturated rings.